The van der Waals surface area contributed by atoms with E-state index in [0.29, 0.717) is 5.91 Å². The highest BCUT2D eigenvalue weighted by Gasteiger charge is 2.33. The molecule has 27 heavy (non-hydrogen) atoms. The van der Waals surface area contributed by atoms with Crippen molar-refractivity contribution in [1.82, 2.24) is 15.1 Å². The summed E-state index contributed by atoms with van der Waals surface area (Å²) in [5.74, 6) is 1.16. The summed E-state index contributed by atoms with van der Waals surface area (Å²) in [4.78, 5) is 17.7. The fraction of sp³-hybridized carbons (Fsp3) is 0.667. The summed E-state index contributed by atoms with van der Waals surface area (Å²) >= 11 is 0. The van der Waals surface area contributed by atoms with Crippen molar-refractivity contribution in [3.63, 3.8) is 0 Å². The smallest absolute Gasteiger partial charge is 0.239 e. The zero-order valence-corrected chi connectivity index (χ0v) is 18.1. The van der Waals surface area contributed by atoms with E-state index in [1.54, 1.807) is 0 Å². The van der Waals surface area contributed by atoms with Gasteiger partial charge in [-0.2, -0.15) is 0 Å². The van der Waals surface area contributed by atoms with Gasteiger partial charge in [0.05, 0.1) is 6.04 Å². The molecule has 0 bridgehead atoms. The van der Waals surface area contributed by atoms with Gasteiger partial charge in [-0.25, -0.2) is 0 Å². The Balaban J connectivity index is 0.00000182. The Labute approximate surface area is 176 Å². The molecule has 0 spiro atoms. The first-order valence-electron chi connectivity index (χ1n) is 9.99. The maximum Gasteiger partial charge on any atom is 0.239 e. The number of hydrogen-bond acceptors (Lipinski definition) is 3. The summed E-state index contributed by atoms with van der Waals surface area (Å²) in [6.45, 7) is 4.93. The number of benzene rings is 1. The number of halogens is 2. The predicted octanol–water partition coefficient (Wildman–Crippen LogP) is 3.73. The second-order valence-corrected chi connectivity index (χ2v) is 7.63. The SMILES string of the molecule is CNCCC1CCN(C(=O)C2CCCCN2Cc2ccccc2)CC1.Cl.Cl. The Morgan fingerprint density at radius 3 is 2.41 bits per heavy atom. The van der Waals surface area contributed by atoms with Crippen LogP contribution in [0.25, 0.3) is 0 Å². The number of hydrogen-bond donors (Lipinski definition) is 1. The predicted molar refractivity (Wildman–Crippen MR) is 117 cm³/mol. The lowest BCUT2D eigenvalue weighted by atomic mass is 9.92. The molecule has 6 heteroatoms. The van der Waals surface area contributed by atoms with Crippen molar-refractivity contribution < 1.29 is 4.79 Å². The van der Waals surface area contributed by atoms with Crippen molar-refractivity contribution in [2.24, 2.45) is 5.92 Å². The van der Waals surface area contributed by atoms with Crippen LogP contribution in [-0.4, -0.2) is 55.0 Å². The molecule has 1 atom stereocenters. The van der Waals surface area contributed by atoms with Crippen molar-refractivity contribution in [2.75, 3.05) is 33.2 Å². The highest BCUT2D eigenvalue weighted by Crippen LogP contribution is 2.25. The Morgan fingerprint density at radius 2 is 1.74 bits per heavy atom. The molecule has 0 aromatic heterocycles. The van der Waals surface area contributed by atoms with Gasteiger partial charge in [0.1, 0.15) is 0 Å². The molecule has 0 saturated carbocycles. The number of amides is 1. The zero-order chi connectivity index (χ0) is 17.5. The minimum Gasteiger partial charge on any atom is -0.341 e. The van der Waals surface area contributed by atoms with E-state index in [-0.39, 0.29) is 30.9 Å². The van der Waals surface area contributed by atoms with Crippen molar-refractivity contribution >= 4 is 30.7 Å². The van der Waals surface area contributed by atoms with Gasteiger partial charge in [-0.15, -0.1) is 24.8 Å². The van der Waals surface area contributed by atoms with Gasteiger partial charge in [-0.05, 0) is 63.7 Å². The Bertz CT molecular complexity index is 535. The molecule has 2 heterocycles. The molecule has 0 aliphatic carbocycles. The Hall–Kier alpha value is -0.810. The quantitative estimate of drug-likeness (QED) is 0.768. The van der Waals surface area contributed by atoms with E-state index in [2.05, 4.69) is 45.4 Å². The highest BCUT2D eigenvalue weighted by molar-refractivity contribution is 5.85. The van der Waals surface area contributed by atoms with Gasteiger partial charge < -0.3 is 10.2 Å². The summed E-state index contributed by atoms with van der Waals surface area (Å²) in [5.41, 5.74) is 1.31. The molecule has 3 rings (SSSR count). The van der Waals surface area contributed by atoms with E-state index in [4.69, 9.17) is 0 Å². The average molecular weight is 416 g/mol. The van der Waals surface area contributed by atoms with Gasteiger partial charge in [0.15, 0.2) is 0 Å². The molecule has 1 unspecified atom stereocenters. The van der Waals surface area contributed by atoms with Crippen LogP contribution in [0.3, 0.4) is 0 Å². The van der Waals surface area contributed by atoms with Gasteiger partial charge >= 0.3 is 0 Å². The van der Waals surface area contributed by atoms with E-state index < -0.39 is 0 Å². The zero-order valence-electron chi connectivity index (χ0n) is 16.4. The van der Waals surface area contributed by atoms with E-state index in [9.17, 15) is 4.79 Å². The topological polar surface area (TPSA) is 35.6 Å². The fourth-order valence-electron chi connectivity index (χ4n) is 4.28. The summed E-state index contributed by atoms with van der Waals surface area (Å²) in [6.07, 6.45) is 6.98. The third-order valence-electron chi connectivity index (χ3n) is 5.86. The molecule has 2 saturated heterocycles. The molecule has 1 aromatic rings. The summed E-state index contributed by atoms with van der Waals surface area (Å²) in [7, 11) is 2.02. The van der Waals surface area contributed by atoms with Crippen LogP contribution >= 0.6 is 24.8 Å². The van der Waals surface area contributed by atoms with Crippen LogP contribution in [0.1, 0.15) is 44.1 Å². The van der Waals surface area contributed by atoms with Crippen molar-refractivity contribution in [3.8, 4) is 0 Å². The molecular weight excluding hydrogens is 381 g/mol. The van der Waals surface area contributed by atoms with Gasteiger partial charge in [0.2, 0.25) is 5.91 Å². The van der Waals surface area contributed by atoms with E-state index in [0.717, 1.165) is 45.1 Å². The van der Waals surface area contributed by atoms with Crippen LogP contribution in [0.5, 0.6) is 0 Å². The second-order valence-electron chi connectivity index (χ2n) is 7.63. The average Bonchev–Trinajstić information content (AvgIpc) is 2.67. The largest absolute Gasteiger partial charge is 0.341 e. The highest BCUT2D eigenvalue weighted by atomic mass is 35.5. The van der Waals surface area contributed by atoms with Crippen LogP contribution in [0.15, 0.2) is 30.3 Å². The van der Waals surface area contributed by atoms with Crippen LogP contribution in [0, 0.1) is 5.92 Å². The lowest BCUT2D eigenvalue weighted by molar-refractivity contribution is -0.140. The van der Waals surface area contributed by atoms with Crippen LogP contribution in [0.4, 0.5) is 0 Å². The monoisotopic (exact) mass is 415 g/mol. The summed E-state index contributed by atoms with van der Waals surface area (Å²) in [5, 5.41) is 3.24. The molecule has 1 N–H and O–H groups in total. The van der Waals surface area contributed by atoms with Gasteiger partial charge in [-0.1, -0.05) is 36.8 Å². The fourth-order valence-corrected chi connectivity index (χ4v) is 4.28. The van der Waals surface area contributed by atoms with Gasteiger partial charge in [0.25, 0.3) is 0 Å². The Kier molecular flexibility index (Phi) is 11.3. The van der Waals surface area contributed by atoms with E-state index in [1.807, 2.05) is 7.05 Å². The molecule has 2 fully saturated rings. The van der Waals surface area contributed by atoms with Crippen LogP contribution in [0.2, 0.25) is 0 Å². The van der Waals surface area contributed by atoms with E-state index >= 15 is 0 Å². The molecule has 1 amide bonds. The van der Waals surface area contributed by atoms with Crippen molar-refractivity contribution in [3.05, 3.63) is 35.9 Å². The van der Waals surface area contributed by atoms with Gasteiger partial charge in [0, 0.05) is 19.6 Å². The number of carbonyl (C=O) groups excluding carboxylic acids is 1. The molecule has 2 aliphatic heterocycles. The first-order valence-corrected chi connectivity index (χ1v) is 9.99. The number of rotatable bonds is 6. The third kappa shape index (κ3) is 6.94. The minimum atomic E-state index is 0. The maximum absolute atomic E-state index is 13.1. The minimum absolute atomic E-state index is 0. The van der Waals surface area contributed by atoms with Gasteiger partial charge in [-0.3, -0.25) is 9.69 Å². The first kappa shape index (κ1) is 24.2. The lowest BCUT2D eigenvalue weighted by Gasteiger charge is -2.40. The molecule has 4 nitrogen and oxygen atoms in total. The number of nitrogens with one attached hydrogen (secondary N) is 1. The van der Waals surface area contributed by atoms with E-state index in [1.165, 1.54) is 37.7 Å². The number of carbonyl (C=O) groups is 1. The van der Waals surface area contributed by atoms with Crippen LogP contribution < -0.4 is 5.32 Å². The molecular formula is C21H35Cl2N3O. The third-order valence-corrected chi connectivity index (χ3v) is 5.86. The number of nitrogens with zero attached hydrogens (tertiary/aromatic N) is 2. The maximum atomic E-state index is 13.1. The second kappa shape index (κ2) is 12.6. The number of likely N-dealkylation sites (tertiary alicyclic amines) is 2. The number of piperidine rings is 2. The first-order chi connectivity index (χ1) is 12.3. The van der Waals surface area contributed by atoms with Crippen molar-refractivity contribution in [1.29, 1.82) is 0 Å². The normalized spacial score (nSPS) is 21.2. The summed E-state index contributed by atoms with van der Waals surface area (Å²) < 4.78 is 0. The summed E-state index contributed by atoms with van der Waals surface area (Å²) in [6, 6.07) is 10.7. The standard InChI is InChI=1S/C21H33N3O.2ClH/c1-22-13-10-18-11-15-23(16-12-18)21(25)20-9-5-6-14-24(20)17-19-7-3-2-4-8-19;;/h2-4,7-8,18,20,22H,5-6,9-17H2,1H3;2*1H. The van der Waals surface area contributed by atoms with Crippen molar-refractivity contribution in [2.45, 2.75) is 51.1 Å². The molecule has 2 aliphatic rings. The lowest BCUT2D eigenvalue weighted by Crippen LogP contribution is -2.52. The Morgan fingerprint density at radius 1 is 1.04 bits per heavy atom. The van der Waals surface area contributed by atoms with Crippen LogP contribution in [-0.2, 0) is 11.3 Å². The molecule has 1 aromatic carbocycles. The molecule has 154 valence electrons. The molecule has 0 radical (unpaired) electrons.